The summed E-state index contributed by atoms with van der Waals surface area (Å²) in [6.07, 6.45) is 4.95. The van der Waals surface area contributed by atoms with Gasteiger partial charge in [0.2, 0.25) is 0 Å². The number of hydrogen-bond acceptors (Lipinski definition) is 2. The van der Waals surface area contributed by atoms with Gasteiger partial charge in [0.1, 0.15) is 0 Å². The van der Waals surface area contributed by atoms with Gasteiger partial charge >= 0.3 is 0 Å². The fourth-order valence-corrected chi connectivity index (χ4v) is 3.26. The highest BCUT2D eigenvalue weighted by Gasteiger charge is 2.25. The maximum absolute atomic E-state index is 3.68. The third kappa shape index (κ3) is 4.07. The number of likely N-dealkylation sites (tertiary alicyclic amines) is 1. The van der Waals surface area contributed by atoms with Gasteiger partial charge in [0.05, 0.1) is 0 Å². The predicted octanol–water partition coefficient (Wildman–Crippen LogP) is 3.60. The van der Waals surface area contributed by atoms with Crippen LogP contribution in [0.2, 0.25) is 0 Å². The van der Waals surface area contributed by atoms with Gasteiger partial charge in [0.25, 0.3) is 0 Å². The van der Waals surface area contributed by atoms with E-state index in [0.29, 0.717) is 6.04 Å². The van der Waals surface area contributed by atoms with Gasteiger partial charge < -0.3 is 5.32 Å². The van der Waals surface area contributed by atoms with Crippen LogP contribution >= 0.6 is 0 Å². The first-order valence-corrected chi connectivity index (χ1v) is 8.28. The molecule has 0 aromatic heterocycles. The summed E-state index contributed by atoms with van der Waals surface area (Å²) in [6.45, 7) is 10.4. The summed E-state index contributed by atoms with van der Waals surface area (Å²) >= 11 is 0. The van der Waals surface area contributed by atoms with Gasteiger partial charge in [0.15, 0.2) is 0 Å². The number of piperidine rings is 1. The highest BCUT2D eigenvalue weighted by atomic mass is 15.2. The molecule has 0 radical (unpaired) electrons. The van der Waals surface area contributed by atoms with E-state index in [-0.39, 0.29) is 0 Å². The van der Waals surface area contributed by atoms with Crippen molar-refractivity contribution in [3.05, 3.63) is 35.4 Å². The quantitative estimate of drug-likeness (QED) is 0.852. The fraction of sp³-hybridized carbons (Fsp3) is 0.667. The largest absolute Gasteiger partial charge is 0.314 e. The van der Waals surface area contributed by atoms with Gasteiger partial charge in [0, 0.05) is 25.2 Å². The molecule has 1 aromatic rings. The van der Waals surface area contributed by atoms with E-state index in [9.17, 15) is 0 Å². The molecule has 1 saturated heterocycles. The molecule has 2 nitrogen and oxygen atoms in total. The van der Waals surface area contributed by atoms with Gasteiger partial charge in [-0.2, -0.15) is 0 Å². The lowest BCUT2D eigenvalue weighted by Crippen LogP contribution is -2.47. The van der Waals surface area contributed by atoms with Crippen LogP contribution in [-0.2, 0) is 13.0 Å². The highest BCUT2D eigenvalue weighted by Crippen LogP contribution is 2.21. The third-order valence-corrected chi connectivity index (χ3v) is 4.57. The lowest BCUT2D eigenvalue weighted by molar-refractivity contribution is 0.128. The molecule has 0 saturated carbocycles. The Labute approximate surface area is 124 Å². The van der Waals surface area contributed by atoms with Gasteiger partial charge in [-0.1, -0.05) is 38.1 Å². The Morgan fingerprint density at radius 3 is 2.60 bits per heavy atom. The topological polar surface area (TPSA) is 15.3 Å². The summed E-state index contributed by atoms with van der Waals surface area (Å²) in [5.41, 5.74) is 3.02. The number of rotatable bonds is 6. The van der Waals surface area contributed by atoms with Gasteiger partial charge in [-0.05, 0) is 50.3 Å². The highest BCUT2D eigenvalue weighted by molar-refractivity contribution is 5.27. The molecule has 2 unspecified atom stereocenters. The molecule has 2 atom stereocenters. The van der Waals surface area contributed by atoms with Crippen molar-refractivity contribution in [1.29, 1.82) is 0 Å². The Balaban J connectivity index is 1.91. The van der Waals surface area contributed by atoms with Crippen LogP contribution in [0.1, 0.15) is 51.2 Å². The summed E-state index contributed by atoms with van der Waals surface area (Å²) < 4.78 is 0. The first-order chi connectivity index (χ1) is 9.74. The van der Waals surface area contributed by atoms with Crippen molar-refractivity contribution in [3.8, 4) is 0 Å². The standard InChI is InChI=1S/C18H30N2/c1-4-11-19-18-10-12-20(15(3)13-18)14-17-9-7-6-8-16(17)5-2/h6-9,15,18-19H,4-5,10-14H2,1-3H3. The van der Waals surface area contributed by atoms with E-state index in [4.69, 9.17) is 0 Å². The first-order valence-electron chi connectivity index (χ1n) is 8.28. The summed E-state index contributed by atoms with van der Waals surface area (Å²) in [7, 11) is 0. The van der Waals surface area contributed by atoms with Crippen LogP contribution < -0.4 is 5.32 Å². The fourth-order valence-electron chi connectivity index (χ4n) is 3.26. The van der Waals surface area contributed by atoms with Crippen molar-refractivity contribution < 1.29 is 0 Å². The normalized spacial score (nSPS) is 23.9. The van der Waals surface area contributed by atoms with E-state index in [2.05, 4.69) is 55.3 Å². The van der Waals surface area contributed by atoms with Crippen LogP contribution in [-0.4, -0.2) is 30.1 Å². The smallest absolute Gasteiger partial charge is 0.0239 e. The summed E-state index contributed by atoms with van der Waals surface area (Å²) in [6, 6.07) is 10.3. The number of aryl methyl sites for hydroxylation is 1. The molecule has 1 aromatic carbocycles. The molecule has 0 spiro atoms. The van der Waals surface area contributed by atoms with Crippen LogP contribution in [0.5, 0.6) is 0 Å². The average molecular weight is 274 g/mol. The van der Waals surface area contributed by atoms with Gasteiger partial charge in [-0.3, -0.25) is 4.90 Å². The zero-order chi connectivity index (χ0) is 14.4. The van der Waals surface area contributed by atoms with E-state index < -0.39 is 0 Å². The molecule has 2 heteroatoms. The number of hydrogen-bond donors (Lipinski definition) is 1. The first kappa shape index (κ1) is 15.5. The Kier molecular flexibility index (Phi) is 6.06. The summed E-state index contributed by atoms with van der Waals surface area (Å²) in [5, 5.41) is 3.68. The maximum Gasteiger partial charge on any atom is 0.0239 e. The van der Waals surface area contributed by atoms with E-state index in [1.807, 2.05) is 0 Å². The third-order valence-electron chi connectivity index (χ3n) is 4.57. The lowest BCUT2D eigenvalue weighted by atomic mass is 9.96. The van der Waals surface area contributed by atoms with Crippen LogP contribution in [0.3, 0.4) is 0 Å². The van der Waals surface area contributed by atoms with Crippen molar-refractivity contribution in [2.24, 2.45) is 0 Å². The van der Waals surface area contributed by atoms with Crippen molar-refractivity contribution in [1.82, 2.24) is 10.2 Å². The van der Waals surface area contributed by atoms with Crippen molar-refractivity contribution in [2.75, 3.05) is 13.1 Å². The van der Waals surface area contributed by atoms with E-state index in [1.165, 1.54) is 36.9 Å². The molecule has 1 fully saturated rings. The molecule has 2 rings (SSSR count). The van der Waals surface area contributed by atoms with E-state index >= 15 is 0 Å². The summed E-state index contributed by atoms with van der Waals surface area (Å²) in [5.74, 6) is 0. The van der Waals surface area contributed by atoms with Crippen LogP contribution in [0.4, 0.5) is 0 Å². The molecule has 1 heterocycles. The van der Waals surface area contributed by atoms with Crippen LogP contribution in [0.15, 0.2) is 24.3 Å². The SMILES string of the molecule is CCCNC1CCN(Cc2ccccc2CC)C(C)C1. The maximum atomic E-state index is 3.68. The Morgan fingerprint density at radius 2 is 1.95 bits per heavy atom. The molecular weight excluding hydrogens is 244 g/mol. The van der Waals surface area contributed by atoms with Crippen molar-refractivity contribution in [3.63, 3.8) is 0 Å². The van der Waals surface area contributed by atoms with Crippen molar-refractivity contribution in [2.45, 2.75) is 65.1 Å². The van der Waals surface area contributed by atoms with Crippen molar-refractivity contribution >= 4 is 0 Å². The predicted molar refractivity (Wildman–Crippen MR) is 87.0 cm³/mol. The number of nitrogens with zero attached hydrogens (tertiary/aromatic N) is 1. The number of benzene rings is 1. The monoisotopic (exact) mass is 274 g/mol. The van der Waals surface area contributed by atoms with E-state index in [1.54, 1.807) is 0 Å². The second-order valence-electron chi connectivity index (χ2n) is 6.12. The van der Waals surface area contributed by atoms with Crippen LogP contribution in [0.25, 0.3) is 0 Å². The molecule has 1 N–H and O–H groups in total. The molecule has 20 heavy (non-hydrogen) atoms. The molecule has 1 aliphatic heterocycles. The minimum Gasteiger partial charge on any atom is -0.314 e. The summed E-state index contributed by atoms with van der Waals surface area (Å²) in [4.78, 5) is 2.65. The minimum absolute atomic E-state index is 0.683. The Bertz CT molecular complexity index is 402. The van der Waals surface area contributed by atoms with Gasteiger partial charge in [-0.25, -0.2) is 0 Å². The molecule has 0 amide bonds. The molecule has 0 aliphatic carbocycles. The minimum atomic E-state index is 0.683. The molecule has 1 aliphatic rings. The second-order valence-corrected chi connectivity index (χ2v) is 6.12. The zero-order valence-electron chi connectivity index (χ0n) is 13.4. The van der Waals surface area contributed by atoms with E-state index in [0.717, 1.165) is 25.6 Å². The van der Waals surface area contributed by atoms with Gasteiger partial charge in [-0.15, -0.1) is 0 Å². The second kappa shape index (κ2) is 7.80. The molecular formula is C18H30N2. The Morgan fingerprint density at radius 1 is 1.20 bits per heavy atom. The number of nitrogens with one attached hydrogen (secondary N) is 1. The average Bonchev–Trinajstić information content (AvgIpc) is 2.48. The lowest BCUT2D eigenvalue weighted by Gasteiger charge is -2.38. The van der Waals surface area contributed by atoms with Crippen LogP contribution in [0, 0.1) is 0 Å². The Hall–Kier alpha value is -0.860. The molecule has 112 valence electrons. The zero-order valence-corrected chi connectivity index (χ0v) is 13.4. The molecule has 0 bridgehead atoms.